The molecule has 0 bridgehead atoms. The molecule has 1 aromatic rings. The molecule has 0 aliphatic heterocycles. The van der Waals surface area contributed by atoms with Crippen LogP contribution in [0.2, 0.25) is 0 Å². The Morgan fingerprint density at radius 1 is 1.05 bits per heavy atom. The van der Waals surface area contributed by atoms with Gasteiger partial charge in [0.25, 0.3) is 0 Å². The van der Waals surface area contributed by atoms with Gasteiger partial charge in [0.05, 0.1) is 6.54 Å². The Bertz CT molecular complexity index is 426. The molecule has 1 aromatic carbocycles. The number of rotatable bonds is 9. The van der Waals surface area contributed by atoms with E-state index in [-0.39, 0.29) is 17.9 Å². The summed E-state index contributed by atoms with van der Waals surface area (Å²) in [4.78, 5) is 14.2. The first-order chi connectivity index (χ1) is 9.58. The zero-order chi connectivity index (χ0) is 15.0. The van der Waals surface area contributed by atoms with E-state index in [1.54, 1.807) is 0 Å². The molecule has 0 amide bonds. The monoisotopic (exact) mass is 283 g/mol. The lowest BCUT2D eigenvalue weighted by atomic mass is 10.1. The van der Waals surface area contributed by atoms with Crippen LogP contribution >= 0.6 is 0 Å². The minimum Gasteiger partial charge on any atom is -0.296 e. The Morgan fingerprint density at radius 3 is 2.15 bits per heavy atom. The van der Waals surface area contributed by atoms with Crippen LogP contribution in [0, 0.1) is 11.6 Å². The normalized spacial score (nSPS) is 11.1. The number of hydrogen-bond donors (Lipinski definition) is 0. The quantitative estimate of drug-likeness (QED) is 0.637. The maximum atomic E-state index is 13.1. The van der Waals surface area contributed by atoms with Gasteiger partial charge in [0.1, 0.15) is 0 Å². The smallest absolute Gasteiger partial charge is 0.176 e. The molecule has 20 heavy (non-hydrogen) atoms. The van der Waals surface area contributed by atoms with Crippen LogP contribution in [0.25, 0.3) is 0 Å². The van der Waals surface area contributed by atoms with E-state index in [1.165, 1.54) is 6.07 Å². The van der Waals surface area contributed by atoms with Crippen LogP contribution in [-0.2, 0) is 0 Å². The van der Waals surface area contributed by atoms with Crippen molar-refractivity contribution in [3.63, 3.8) is 0 Å². The van der Waals surface area contributed by atoms with E-state index < -0.39 is 11.6 Å². The molecule has 2 nitrogen and oxygen atoms in total. The number of unbranched alkanes of at least 4 members (excludes halogenated alkanes) is 2. The van der Waals surface area contributed by atoms with Gasteiger partial charge in [-0.05, 0) is 44.1 Å². The topological polar surface area (TPSA) is 20.3 Å². The molecule has 0 atom stereocenters. The van der Waals surface area contributed by atoms with Gasteiger partial charge in [-0.2, -0.15) is 0 Å². The highest BCUT2D eigenvalue weighted by Gasteiger charge is 2.14. The minimum atomic E-state index is -0.968. The lowest BCUT2D eigenvalue weighted by Crippen LogP contribution is -2.32. The molecule has 112 valence electrons. The first-order valence-corrected chi connectivity index (χ1v) is 7.29. The van der Waals surface area contributed by atoms with Crippen LogP contribution in [-0.4, -0.2) is 30.3 Å². The molecule has 0 heterocycles. The Balaban J connectivity index is 2.65. The number of Topliss-reactive ketones (excluding diaryl/α,β-unsaturated/α-hetero) is 1. The Kier molecular flexibility index (Phi) is 7.37. The summed E-state index contributed by atoms with van der Waals surface area (Å²) in [6.07, 6.45) is 4.22. The number of nitrogens with zero attached hydrogens (tertiary/aromatic N) is 1. The fourth-order valence-corrected chi connectivity index (χ4v) is 2.00. The minimum absolute atomic E-state index is 0.156. The van der Waals surface area contributed by atoms with Gasteiger partial charge < -0.3 is 0 Å². The summed E-state index contributed by atoms with van der Waals surface area (Å²) in [6, 6.07) is 3.33. The van der Waals surface area contributed by atoms with E-state index >= 15 is 0 Å². The molecular formula is C16H23F2NO. The average Bonchev–Trinajstić information content (AvgIpc) is 2.44. The van der Waals surface area contributed by atoms with Gasteiger partial charge in [-0.1, -0.05) is 26.7 Å². The Morgan fingerprint density at radius 2 is 1.65 bits per heavy atom. The van der Waals surface area contributed by atoms with Crippen molar-refractivity contribution in [1.82, 2.24) is 4.90 Å². The molecule has 0 aliphatic carbocycles. The highest BCUT2D eigenvalue weighted by atomic mass is 19.2. The standard InChI is InChI=1S/C16H23F2NO/c1-3-5-9-19(10-6-4-2)12-16(20)13-7-8-14(17)15(18)11-13/h7-8,11H,3-6,9-10,12H2,1-2H3. The molecule has 0 saturated carbocycles. The third-order valence-corrected chi connectivity index (χ3v) is 3.26. The van der Waals surface area contributed by atoms with Gasteiger partial charge >= 0.3 is 0 Å². The molecular weight excluding hydrogens is 260 g/mol. The van der Waals surface area contributed by atoms with Crippen LogP contribution < -0.4 is 0 Å². The van der Waals surface area contributed by atoms with Crippen molar-refractivity contribution in [3.8, 4) is 0 Å². The second-order valence-corrected chi connectivity index (χ2v) is 5.04. The van der Waals surface area contributed by atoms with Crippen LogP contribution in [0.5, 0.6) is 0 Å². The molecule has 1 rings (SSSR count). The number of carbonyl (C=O) groups excluding carboxylic acids is 1. The highest BCUT2D eigenvalue weighted by Crippen LogP contribution is 2.10. The average molecular weight is 283 g/mol. The van der Waals surface area contributed by atoms with Crippen molar-refractivity contribution < 1.29 is 13.6 Å². The summed E-state index contributed by atoms with van der Waals surface area (Å²) in [7, 11) is 0. The lowest BCUT2D eigenvalue weighted by molar-refractivity contribution is 0.0927. The summed E-state index contributed by atoms with van der Waals surface area (Å²) in [5, 5.41) is 0. The van der Waals surface area contributed by atoms with E-state index in [0.717, 1.165) is 50.9 Å². The van der Waals surface area contributed by atoms with Gasteiger partial charge in [0.2, 0.25) is 0 Å². The number of halogens is 2. The van der Waals surface area contributed by atoms with Gasteiger partial charge in [-0.25, -0.2) is 8.78 Å². The fraction of sp³-hybridized carbons (Fsp3) is 0.562. The highest BCUT2D eigenvalue weighted by molar-refractivity contribution is 5.97. The van der Waals surface area contributed by atoms with Crippen molar-refractivity contribution in [2.24, 2.45) is 0 Å². The van der Waals surface area contributed by atoms with E-state index in [2.05, 4.69) is 18.7 Å². The van der Waals surface area contributed by atoms with E-state index in [1.807, 2.05) is 0 Å². The second kappa shape index (κ2) is 8.80. The molecule has 0 saturated heterocycles. The number of benzene rings is 1. The van der Waals surface area contributed by atoms with Crippen LogP contribution in [0.15, 0.2) is 18.2 Å². The maximum Gasteiger partial charge on any atom is 0.176 e. The zero-order valence-electron chi connectivity index (χ0n) is 12.3. The lowest BCUT2D eigenvalue weighted by Gasteiger charge is -2.21. The SMILES string of the molecule is CCCCN(CCCC)CC(=O)c1ccc(F)c(F)c1. The van der Waals surface area contributed by atoms with Gasteiger partial charge in [0, 0.05) is 5.56 Å². The summed E-state index contributed by atoms with van der Waals surface area (Å²) in [5.74, 6) is -2.05. The summed E-state index contributed by atoms with van der Waals surface area (Å²) >= 11 is 0. The molecule has 0 aliphatic rings. The molecule has 0 radical (unpaired) electrons. The van der Waals surface area contributed by atoms with Crippen molar-refractivity contribution in [2.45, 2.75) is 39.5 Å². The number of ketones is 1. The second-order valence-electron chi connectivity index (χ2n) is 5.04. The summed E-state index contributed by atoms with van der Waals surface area (Å²) < 4.78 is 26.0. The molecule has 0 fully saturated rings. The van der Waals surface area contributed by atoms with Gasteiger partial charge in [-0.15, -0.1) is 0 Å². The zero-order valence-corrected chi connectivity index (χ0v) is 12.3. The predicted octanol–water partition coefficient (Wildman–Crippen LogP) is 4.05. The van der Waals surface area contributed by atoms with Gasteiger partial charge in [-0.3, -0.25) is 9.69 Å². The predicted molar refractivity (Wildman–Crippen MR) is 76.9 cm³/mol. The molecule has 0 spiro atoms. The third-order valence-electron chi connectivity index (χ3n) is 3.26. The Labute approximate surface area is 119 Å². The molecule has 0 aromatic heterocycles. The molecule has 0 N–H and O–H groups in total. The molecule has 0 unspecified atom stereocenters. The van der Waals surface area contributed by atoms with Gasteiger partial charge in [0.15, 0.2) is 17.4 Å². The third kappa shape index (κ3) is 5.37. The summed E-state index contributed by atoms with van der Waals surface area (Å²) in [5.41, 5.74) is 0.238. The van der Waals surface area contributed by atoms with Crippen molar-refractivity contribution in [2.75, 3.05) is 19.6 Å². The van der Waals surface area contributed by atoms with E-state index in [9.17, 15) is 13.6 Å². The van der Waals surface area contributed by atoms with Crippen LogP contribution in [0.3, 0.4) is 0 Å². The number of hydrogen-bond acceptors (Lipinski definition) is 2. The Hall–Kier alpha value is -1.29. The number of carbonyl (C=O) groups is 1. The van der Waals surface area contributed by atoms with Crippen LogP contribution in [0.1, 0.15) is 49.9 Å². The largest absolute Gasteiger partial charge is 0.296 e. The summed E-state index contributed by atoms with van der Waals surface area (Å²) in [6.45, 7) is 6.22. The first-order valence-electron chi connectivity index (χ1n) is 7.29. The van der Waals surface area contributed by atoms with E-state index in [4.69, 9.17) is 0 Å². The van der Waals surface area contributed by atoms with Crippen molar-refractivity contribution in [3.05, 3.63) is 35.4 Å². The van der Waals surface area contributed by atoms with Crippen molar-refractivity contribution in [1.29, 1.82) is 0 Å². The van der Waals surface area contributed by atoms with Crippen LogP contribution in [0.4, 0.5) is 8.78 Å². The maximum absolute atomic E-state index is 13.1. The first kappa shape index (κ1) is 16.8. The fourth-order valence-electron chi connectivity index (χ4n) is 2.00. The van der Waals surface area contributed by atoms with E-state index in [0.29, 0.717) is 0 Å². The molecule has 4 heteroatoms. The van der Waals surface area contributed by atoms with Crippen molar-refractivity contribution >= 4 is 5.78 Å².